The van der Waals surface area contributed by atoms with Gasteiger partial charge in [0.2, 0.25) is 0 Å². The van der Waals surface area contributed by atoms with Gasteiger partial charge in [0.25, 0.3) is 0 Å². The summed E-state index contributed by atoms with van der Waals surface area (Å²) in [5.74, 6) is -1.50. The Labute approximate surface area is 161 Å². The Bertz CT molecular complexity index is 1190. The standard InChI is InChI=1S/C19H11ClF2N2O2S/c1-24-18-12(17(23-24)11-4-2-3-5-14(11)22)9-16(27-18)19(25)26-15-7-6-10(21)8-13(15)20/h2-9H,1H3. The average Bonchev–Trinajstić information content (AvgIpc) is 3.19. The zero-order valence-electron chi connectivity index (χ0n) is 13.9. The molecule has 0 unspecified atom stereocenters. The molecule has 0 radical (unpaired) electrons. The smallest absolute Gasteiger partial charge is 0.353 e. The van der Waals surface area contributed by atoms with Gasteiger partial charge in [-0.3, -0.25) is 4.68 Å². The summed E-state index contributed by atoms with van der Waals surface area (Å²) in [5.41, 5.74) is 0.795. The van der Waals surface area contributed by atoms with Crippen LogP contribution >= 0.6 is 22.9 Å². The van der Waals surface area contributed by atoms with Gasteiger partial charge >= 0.3 is 5.97 Å². The molecule has 0 saturated heterocycles. The van der Waals surface area contributed by atoms with Crippen molar-refractivity contribution in [2.75, 3.05) is 0 Å². The lowest BCUT2D eigenvalue weighted by Gasteiger charge is -2.04. The van der Waals surface area contributed by atoms with Gasteiger partial charge < -0.3 is 4.74 Å². The van der Waals surface area contributed by atoms with Crippen molar-refractivity contribution in [1.29, 1.82) is 0 Å². The quantitative estimate of drug-likeness (QED) is 0.337. The third-order valence-electron chi connectivity index (χ3n) is 3.94. The van der Waals surface area contributed by atoms with E-state index in [9.17, 15) is 13.6 Å². The summed E-state index contributed by atoms with van der Waals surface area (Å²) in [5, 5.41) is 5.00. The number of fused-ring (bicyclic) bond motifs is 1. The summed E-state index contributed by atoms with van der Waals surface area (Å²) in [6.45, 7) is 0. The molecule has 0 saturated carbocycles. The fourth-order valence-corrected chi connectivity index (χ4v) is 3.86. The highest BCUT2D eigenvalue weighted by atomic mass is 35.5. The second kappa shape index (κ2) is 6.75. The molecular formula is C19H11ClF2N2O2S. The van der Waals surface area contributed by atoms with Crippen LogP contribution in [-0.2, 0) is 7.05 Å². The van der Waals surface area contributed by atoms with E-state index in [2.05, 4.69) is 5.10 Å². The Morgan fingerprint density at radius 2 is 1.96 bits per heavy atom. The third-order valence-corrected chi connectivity index (χ3v) is 5.42. The maximum atomic E-state index is 14.2. The number of halogens is 3. The van der Waals surface area contributed by atoms with E-state index in [1.165, 1.54) is 23.5 Å². The monoisotopic (exact) mass is 404 g/mol. The topological polar surface area (TPSA) is 44.1 Å². The number of esters is 1. The minimum atomic E-state index is -0.635. The van der Waals surface area contributed by atoms with Crippen LogP contribution in [0, 0.1) is 11.6 Å². The first-order chi connectivity index (χ1) is 12.9. The van der Waals surface area contributed by atoms with Gasteiger partial charge in [-0.05, 0) is 36.4 Å². The van der Waals surface area contributed by atoms with Crippen molar-refractivity contribution < 1.29 is 18.3 Å². The number of benzene rings is 2. The molecule has 0 aliphatic heterocycles. The Balaban J connectivity index is 1.72. The molecule has 2 aromatic carbocycles. The average molecular weight is 405 g/mol. The van der Waals surface area contributed by atoms with Gasteiger partial charge in [-0.2, -0.15) is 5.10 Å². The van der Waals surface area contributed by atoms with Crippen LogP contribution in [-0.4, -0.2) is 15.7 Å². The summed E-state index contributed by atoms with van der Waals surface area (Å²) < 4.78 is 34.1. The molecule has 0 fully saturated rings. The summed E-state index contributed by atoms with van der Waals surface area (Å²) in [4.78, 5) is 13.5. The lowest BCUT2D eigenvalue weighted by atomic mass is 10.1. The summed E-state index contributed by atoms with van der Waals surface area (Å²) in [7, 11) is 1.72. The highest BCUT2D eigenvalue weighted by molar-refractivity contribution is 7.20. The van der Waals surface area contributed by atoms with Gasteiger partial charge in [0.15, 0.2) is 0 Å². The number of carbonyl (C=O) groups excluding carboxylic acids is 1. The molecule has 27 heavy (non-hydrogen) atoms. The Kier molecular flexibility index (Phi) is 4.41. The van der Waals surface area contributed by atoms with Crippen LogP contribution in [0.15, 0.2) is 48.5 Å². The van der Waals surface area contributed by atoms with E-state index < -0.39 is 17.6 Å². The normalized spacial score (nSPS) is 11.1. The molecule has 4 rings (SSSR count). The van der Waals surface area contributed by atoms with E-state index in [1.54, 1.807) is 36.0 Å². The van der Waals surface area contributed by atoms with Gasteiger partial charge in [0, 0.05) is 18.0 Å². The first kappa shape index (κ1) is 17.6. The zero-order chi connectivity index (χ0) is 19.1. The molecule has 0 atom stereocenters. The van der Waals surface area contributed by atoms with Crippen molar-refractivity contribution in [1.82, 2.24) is 9.78 Å². The molecule has 0 amide bonds. The second-order valence-corrected chi connectivity index (χ2v) is 7.18. The maximum absolute atomic E-state index is 14.2. The Morgan fingerprint density at radius 3 is 2.70 bits per heavy atom. The number of hydrogen-bond donors (Lipinski definition) is 0. The van der Waals surface area contributed by atoms with Crippen LogP contribution in [0.2, 0.25) is 5.02 Å². The number of aromatic nitrogens is 2. The SMILES string of the molecule is Cn1nc(-c2ccccc2F)c2cc(C(=O)Oc3ccc(F)cc3Cl)sc21. The number of rotatable bonds is 3. The van der Waals surface area contributed by atoms with Gasteiger partial charge in [0.05, 0.1) is 5.02 Å². The number of carbonyl (C=O) groups is 1. The third kappa shape index (κ3) is 3.20. The molecule has 4 nitrogen and oxygen atoms in total. The number of nitrogens with zero attached hydrogens (tertiary/aromatic N) is 2. The highest BCUT2D eigenvalue weighted by Gasteiger charge is 2.21. The molecule has 0 aliphatic rings. The molecule has 2 aromatic heterocycles. The van der Waals surface area contributed by atoms with Crippen molar-refractivity contribution in [3.63, 3.8) is 0 Å². The number of thiophene rings is 1. The van der Waals surface area contributed by atoms with Crippen LogP contribution in [0.4, 0.5) is 8.78 Å². The molecule has 136 valence electrons. The predicted octanol–water partition coefficient (Wildman–Crippen LogP) is 5.45. The van der Waals surface area contributed by atoms with Gasteiger partial charge in [0.1, 0.15) is 32.8 Å². The first-order valence-corrected chi connectivity index (χ1v) is 9.02. The van der Waals surface area contributed by atoms with E-state index in [0.717, 1.165) is 12.1 Å². The van der Waals surface area contributed by atoms with Crippen LogP contribution in [0.3, 0.4) is 0 Å². The molecule has 0 aliphatic carbocycles. The van der Waals surface area contributed by atoms with Gasteiger partial charge in [-0.25, -0.2) is 13.6 Å². The van der Waals surface area contributed by atoms with Crippen LogP contribution in [0.1, 0.15) is 9.67 Å². The van der Waals surface area contributed by atoms with Crippen molar-refractivity contribution in [2.45, 2.75) is 0 Å². The number of ether oxygens (including phenoxy) is 1. The molecular weight excluding hydrogens is 394 g/mol. The molecule has 8 heteroatoms. The highest BCUT2D eigenvalue weighted by Crippen LogP contribution is 2.35. The molecule has 0 bridgehead atoms. The number of hydrogen-bond acceptors (Lipinski definition) is 4. The zero-order valence-corrected chi connectivity index (χ0v) is 15.4. The van der Waals surface area contributed by atoms with E-state index in [-0.39, 0.29) is 10.8 Å². The van der Waals surface area contributed by atoms with Crippen LogP contribution in [0.25, 0.3) is 21.5 Å². The van der Waals surface area contributed by atoms with E-state index in [4.69, 9.17) is 16.3 Å². The van der Waals surface area contributed by atoms with Crippen molar-refractivity contribution in [2.24, 2.45) is 7.05 Å². The van der Waals surface area contributed by atoms with Crippen molar-refractivity contribution >= 4 is 39.1 Å². The fraction of sp³-hybridized carbons (Fsp3) is 0.0526. The van der Waals surface area contributed by atoms with E-state index in [1.807, 2.05) is 0 Å². The fourth-order valence-electron chi connectivity index (χ4n) is 2.70. The lowest BCUT2D eigenvalue weighted by Crippen LogP contribution is -2.06. The van der Waals surface area contributed by atoms with Gasteiger partial charge in [-0.15, -0.1) is 11.3 Å². The lowest BCUT2D eigenvalue weighted by molar-refractivity contribution is 0.0740. The summed E-state index contributed by atoms with van der Waals surface area (Å²) in [6.07, 6.45) is 0. The van der Waals surface area contributed by atoms with Crippen molar-refractivity contribution in [3.05, 3.63) is 70.1 Å². The van der Waals surface area contributed by atoms with Crippen molar-refractivity contribution in [3.8, 4) is 17.0 Å². The summed E-state index contributed by atoms with van der Waals surface area (Å²) >= 11 is 7.06. The Hall–Kier alpha value is -2.77. The van der Waals surface area contributed by atoms with Crippen LogP contribution < -0.4 is 4.74 Å². The van der Waals surface area contributed by atoms with Crippen LogP contribution in [0.5, 0.6) is 5.75 Å². The van der Waals surface area contributed by atoms with E-state index >= 15 is 0 Å². The maximum Gasteiger partial charge on any atom is 0.353 e. The minimum absolute atomic E-state index is 0.00169. The summed E-state index contributed by atoms with van der Waals surface area (Å²) in [6, 6.07) is 11.4. The second-order valence-electron chi connectivity index (χ2n) is 5.75. The molecule has 2 heterocycles. The largest absolute Gasteiger partial charge is 0.421 e. The van der Waals surface area contributed by atoms with Gasteiger partial charge in [-0.1, -0.05) is 23.7 Å². The molecule has 0 N–H and O–H groups in total. The minimum Gasteiger partial charge on any atom is -0.421 e. The van der Waals surface area contributed by atoms with E-state index in [0.29, 0.717) is 26.4 Å². The predicted molar refractivity (Wildman–Crippen MR) is 100 cm³/mol. The first-order valence-electron chi connectivity index (χ1n) is 7.82. The molecule has 0 spiro atoms. The Morgan fingerprint density at radius 1 is 1.19 bits per heavy atom. The number of aryl methyl sites for hydroxylation is 1. The molecule has 4 aromatic rings.